The number of rotatable bonds is 7. The number of carbonyl (C=O) groups excluding carboxylic acids is 1. The van der Waals surface area contributed by atoms with Gasteiger partial charge in [-0.15, -0.1) is 0 Å². The van der Waals surface area contributed by atoms with Crippen LogP contribution in [0.1, 0.15) is 25.7 Å². The second-order valence-corrected chi connectivity index (χ2v) is 9.73. The molecule has 6 nitrogen and oxygen atoms in total. The number of ether oxygens (including phenoxy) is 1. The van der Waals surface area contributed by atoms with Crippen LogP contribution < -0.4 is 14.4 Å². The third-order valence-corrected chi connectivity index (χ3v) is 7.85. The van der Waals surface area contributed by atoms with Crippen LogP contribution in [0, 0.1) is 11.8 Å². The smallest absolute Gasteiger partial charge is 0.264 e. The minimum Gasteiger partial charge on any atom is -0.497 e. The van der Waals surface area contributed by atoms with Gasteiger partial charge in [0.2, 0.25) is 5.91 Å². The summed E-state index contributed by atoms with van der Waals surface area (Å²) in [5.74, 6) is 1.55. The van der Waals surface area contributed by atoms with E-state index in [1.807, 2.05) is 6.07 Å². The van der Waals surface area contributed by atoms with Gasteiger partial charge < -0.3 is 10.1 Å². The molecule has 3 atom stereocenters. The van der Waals surface area contributed by atoms with E-state index in [0.717, 1.165) is 12.8 Å². The molecule has 2 fully saturated rings. The minimum absolute atomic E-state index is 0.120. The number of methoxy groups -OCH3 is 1. The number of fused-ring (bicyclic) bond motifs is 2. The molecule has 1 N–H and O–H groups in total. The first-order valence-electron chi connectivity index (χ1n) is 9.98. The Balaban J connectivity index is 1.57. The Kier molecular flexibility index (Phi) is 5.50. The summed E-state index contributed by atoms with van der Waals surface area (Å²) in [5, 5.41) is 3.09. The van der Waals surface area contributed by atoms with Gasteiger partial charge in [-0.25, -0.2) is 8.42 Å². The summed E-state index contributed by atoms with van der Waals surface area (Å²) in [6, 6.07) is 15.1. The lowest BCUT2D eigenvalue weighted by Crippen LogP contribution is -2.45. The lowest BCUT2D eigenvalue weighted by Gasteiger charge is -2.27. The Morgan fingerprint density at radius 2 is 1.79 bits per heavy atom. The van der Waals surface area contributed by atoms with Crippen molar-refractivity contribution in [3.05, 3.63) is 54.6 Å². The van der Waals surface area contributed by atoms with Crippen molar-refractivity contribution in [2.45, 2.75) is 36.6 Å². The maximum absolute atomic E-state index is 13.3. The summed E-state index contributed by atoms with van der Waals surface area (Å²) in [7, 11) is -2.37. The summed E-state index contributed by atoms with van der Waals surface area (Å²) in [4.78, 5) is 12.9. The van der Waals surface area contributed by atoms with E-state index in [0.29, 0.717) is 23.3 Å². The van der Waals surface area contributed by atoms with Crippen LogP contribution in [0.5, 0.6) is 5.75 Å². The zero-order valence-corrected chi connectivity index (χ0v) is 17.3. The standard InChI is InChI=1S/C22H26N2O4S/c1-28-19-9-11-20(12-10-19)29(26,27)24(18-5-3-2-4-6-18)15-22(25)23-21-14-16-7-8-17(21)13-16/h2-6,9-12,16-17,21H,7-8,13-15H2,1H3,(H,23,25)/t16-,17+,21+/m0/s1. The highest BCUT2D eigenvalue weighted by Gasteiger charge is 2.40. The third kappa shape index (κ3) is 4.10. The van der Waals surface area contributed by atoms with E-state index >= 15 is 0 Å². The number of nitrogens with one attached hydrogen (secondary N) is 1. The number of carbonyl (C=O) groups is 1. The fourth-order valence-corrected chi connectivity index (χ4v) is 6.01. The topological polar surface area (TPSA) is 75.7 Å². The highest BCUT2D eigenvalue weighted by Crippen LogP contribution is 2.44. The van der Waals surface area contributed by atoms with Gasteiger partial charge in [-0.3, -0.25) is 9.10 Å². The summed E-state index contributed by atoms with van der Waals surface area (Å²) in [6.07, 6.45) is 4.59. The molecule has 2 aliphatic rings. The van der Waals surface area contributed by atoms with Gasteiger partial charge in [0.25, 0.3) is 10.0 Å². The van der Waals surface area contributed by atoms with Gasteiger partial charge in [0.1, 0.15) is 12.3 Å². The van der Waals surface area contributed by atoms with E-state index in [-0.39, 0.29) is 23.4 Å². The number of para-hydroxylation sites is 1. The largest absolute Gasteiger partial charge is 0.497 e. The number of nitrogens with zero attached hydrogens (tertiary/aromatic N) is 1. The molecule has 2 saturated carbocycles. The van der Waals surface area contributed by atoms with Gasteiger partial charge in [0, 0.05) is 6.04 Å². The average Bonchev–Trinajstić information content (AvgIpc) is 3.36. The molecule has 1 amide bonds. The van der Waals surface area contributed by atoms with Crippen molar-refractivity contribution in [3.63, 3.8) is 0 Å². The molecule has 0 unspecified atom stereocenters. The predicted octanol–water partition coefficient (Wildman–Crippen LogP) is 3.20. The first-order chi connectivity index (χ1) is 14.0. The third-order valence-electron chi connectivity index (χ3n) is 6.06. The molecule has 0 heterocycles. The van der Waals surface area contributed by atoms with Gasteiger partial charge in [-0.1, -0.05) is 24.6 Å². The maximum atomic E-state index is 13.3. The van der Waals surface area contributed by atoms with Crippen LogP contribution in [-0.2, 0) is 14.8 Å². The van der Waals surface area contributed by atoms with Crippen LogP contribution in [-0.4, -0.2) is 34.0 Å². The number of benzene rings is 2. The number of anilines is 1. The van der Waals surface area contributed by atoms with Crippen LogP contribution in [0.25, 0.3) is 0 Å². The maximum Gasteiger partial charge on any atom is 0.264 e. The van der Waals surface area contributed by atoms with E-state index in [4.69, 9.17) is 4.74 Å². The number of hydrogen-bond acceptors (Lipinski definition) is 4. The van der Waals surface area contributed by atoms with Crippen LogP contribution in [0.4, 0.5) is 5.69 Å². The molecule has 2 aliphatic carbocycles. The Bertz CT molecular complexity index is 960. The van der Waals surface area contributed by atoms with E-state index in [1.54, 1.807) is 36.4 Å². The van der Waals surface area contributed by atoms with Crippen LogP contribution in [0.15, 0.2) is 59.5 Å². The van der Waals surface area contributed by atoms with Gasteiger partial charge in [0.05, 0.1) is 17.7 Å². The normalized spacial score (nSPS) is 23.0. The molecule has 154 valence electrons. The highest BCUT2D eigenvalue weighted by molar-refractivity contribution is 7.92. The van der Waals surface area contributed by atoms with Crippen molar-refractivity contribution in [2.75, 3.05) is 18.0 Å². The van der Waals surface area contributed by atoms with Crippen LogP contribution in [0.3, 0.4) is 0 Å². The van der Waals surface area contributed by atoms with Crippen LogP contribution in [0.2, 0.25) is 0 Å². The quantitative estimate of drug-likeness (QED) is 0.755. The SMILES string of the molecule is COc1ccc(S(=O)(=O)N(CC(=O)N[C@@H]2C[C@H]3CC[C@@H]2C3)c2ccccc2)cc1. The second kappa shape index (κ2) is 8.06. The fourth-order valence-electron chi connectivity index (χ4n) is 4.59. The molecule has 2 aromatic carbocycles. The van der Waals surface area contributed by atoms with Crippen molar-refractivity contribution < 1.29 is 17.9 Å². The molecule has 0 spiro atoms. The molecule has 29 heavy (non-hydrogen) atoms. The van der Waals surface area contributed by atoms with Gasteiger partial charge in [0.15, 0.2) is 0 Å². The average molecular weight is 415 g/mol. The molecular weight excluding hydrogens is 388 g/mol. The molecule has 7 heteroatoms. The molecule has 0 radical (unpaired) electrons. The molecular formula is C22H26N2O4S. The van der Waals surface area contributed by atoms with Crippen molar-refractivity contribution in [1.82, 2.24) is 5.32 Å². The van der Waals surface area contributed by atoms with Gasteiger partial charge >= 0.3 is 0 Å². The Labute approximate surface area is 171 Å². The van der Waals surface area contributed by atoms with Crippen molar-refractivity contribution >= 4 is 21.6 Å². The van der Waals surface area contributed by atoms with E-state index < -0.39 is 10.0 Å². The monoisotopic (exact) mass is 414 g/mol. The summed E-state index contributed by atoms with van der Waals surface area (Å²) < 4.78 is 33.0. The lowest BCUT2D eigenvalue weighted by atomic mass is 9.95. The van der Waals surface area contributed by atoms with E-state index in [2.05, 4.69) is 5.32 Å². The first-order valence-corrected chi connectivity index (χ1v) is 11.4. The van der Waals surface area contributed by atoms with Crippen molar-refractivity contribution in [2.24, 2.45) is 11.8 Å². The van der Waals surface area contributed by atoms with Crippen molar-refractivity contribution in [1.29, 1.82) is 0 Å². The number of sulfonamides is 1. The number of hydrogen-bond donors (Lipinski definition) is 1. The molecule has 0 aromatic heterocycles. The lowest BCUT2D eigenvalue weighted by molar-refractivity contribution is -0.120. The Morgan fingerprint density at radius 3 is 2.38 bits per heavy atom. The first kappa shape index (κ1) is 19.8. The summed E-state index contributed by atoms with van der Waals surface area (Å²) >= 11 is 0. The zero-order chi connectivity index (χ0) is 20.4. The summed E-state index contributed by atoms with van der Waals surface area (Å²) in [5.41, 5.74) is 0.464. The summed E-state index contributed by atoms with van der Waals surface area (Å²) in [6.45, 7) is -0.244. The van der Waals surface area contributed by atoms with Gasteiger partial charge in [-0.05, 0) is 67.5 Å². The zero-order valence-electron chi connectivity index (χ0n) is 16.5. The molecule has 0 aliphatic heterocycles. The second-order valence-electron chi connectivity index (χ2n) is 7.87. The fraction of sp³-hybridized carbons (Fsp3) is 0.409. The van der Waals surface area contributed by atoms with Gasteiger partial charge in [-0.2, -0.15) is 0 Å². The predicted molar refractivity (Wildman–Crippen MR) is 111 cm³/mol. The molecule has 4 rings (SSSR count). The Morgan fingerprint density at radius 1 is 1.07 bits per heavy atom. The minimum atomic E-state index is -3.90. The Hall–Kier alpha value is -2.54. The van der Waals surface area contributed by atoms with Crippen molar-refractivity contribution in [3.8, 4) is 5.75 Å². The molecule has 0 saturated heterocycles. The highest BCUT2D eigenvalue weighted by atomic mass is 32.2. The molecule has 2 aromatic rings. The van der Waals surface area contributed by atoms with E-state index in [9.17, 15) is 13.2 Å². The van der Waals surface area contributed by atoms with E-state index in [1.165, 1.54) is 36.4 Å². The molecule has 2 bridgehead atoms. The van der Waals surface area contributed by atoms with Crippen LogP contribution >= 0.6 is 0 Å². The number of amides is 1.